The first-order valence-electron chi connectivity index (χ1n) is 9.11. The second kappa shape index (κ2) is 8.35. The summed E-state index contributed by atoms with van der Waals surface area (Å²) in [6.07, 6.45) is 0.970. The summed E-state index contributed by atoms with van der Waals surface area (Å²) in [6.45, 7) is 2.03. The molecule has 1 atom stereocenters. The van der Waals surface area contributed by atoms with Crippen molar-refractivity contribution < 1.29 is 8.42 Å². The van der Waals surface area contributed by atoms with Gasteiger partial charge in [0.05, 0.1) is 4.90 Å². The van der Waals surface area contributed by atoms with Crippen molar-refractivity contribution in [2.45, 2.75) is 23.9 Å². The van der Waals surface area contributed by atoms with Crippen molar-refractivity contribution in [3.63, 3.8) is 0 Å². The van der Waals surface area contributed by atoms with Crippen molar-refractivity contribution in [3.05, 3.63) is 87.1 Å². The number of hydrogen-bond donors (Lipinski definition) is 1. The lowest BCUT2D eigenvalue weighted by Gasteiger charge is -2.35. The summed E-state index contributed by atoms with van der Waals surface area (Å²) in [4.78, 5) is 2.54. The number of nitrogens with one attached hydrogen (secondary N) is 1. The molecule has 2 heterocycles. The highest BCUT2D eigenvalue weighted by molar-refractivity contribution is 7.89. The highest BCUT2D eigenvalue weighted by Crippen LogP contribution is 2.29. The van der Waals surface area contributed by atoms with E-state index in [-0.39, 0.29) is 10.9 Å². The van der Waals surface area contributed by atoms with E-state index in [0.717, 1.165) is 25.1 Å². The topological polar surface area (TPSA) is 49.4 Å². The number of fused-ring (bicyclic) bond motifs is 1. The minimum atomic E-state index is -3.63. The van der Waals surface area contributed by atoms with Gasteiger partial charge in [-0.3, -0.25) is 4.90 Å². The third-order valence-corrected chi connectivity index (χ3v) is 7.46. The zero-order chi connectivity index (χ0) is 19.6. The number of rotatable bonds is 6. The molecule has 7 heteroatoms. The SMILES string of the molecule is O=S(=O)(NCC(c1ccsc1)N1CCc2ccccc2C1)c1cccc(Cl)c1. The molecule has 1 aliphatic rings. The van der Waals surface area contributed by atoms with Crippen LogP contribution >= 0.6 is 22.9 Å². The third-order valence-electron chi connectivity index (χ3n) is 5.10. The molecule has 1 aromatic heterocycles. The van der Waals surface area contributed by atoms with Gasteiger partial charge < -0.3 is 0 Å². The van der Waals surface area contributed by atoms with Crippen LogP contribution in [0.3, 0.4) is 0 Å². The van der Waals surface area contributed by atoms with Gasteiger partial charge in [-0.05, 0) is 58.1 Å². The zero-order valence-electron chi connectivity index (χ0n) is 15.2. The van der Waals surface area contributed by atoms with Crippen molar-refractivity contribution >= 4 is 33.0 Å². The average Bonchev–Trinajstić information content (AvgIpc) is 3.22. The summed E-state index contributed by atoms with van der Waals surface area (Å²) in [5, 5.41) is 4.54. The van der Waals surface area contributed by atoms with Gasteiger partial charge in [0, 0.05) is 30.7 Å². The molecule has 0 fully saturated rings. The second-order valence-corrected chi connectivity index (χ2v) is 9.85. The fourth-order valence-corrected chi connectivity index (χ4v) is 5.66. The fraction of sp³-hybridized carbons (Fsp3) is 0.238. The van der Waals surface area contributed by atoms with Gasteiger partial charge in [-0.2, -0.15) is 11.3 Å². The van der Waals surface area contributed by atoms with Crippen molar-refractivity contribution in [3.8, 4) is 0 Å². The Kier molecular flexibility index (Phi) is 5.85. The zero-order valence-corrected chi connectivity index (χ0v) is 17.6. The minimum absolute atomic E-state index is 0.0198. The van der Waals surface area contributed by atoms with Crippen LogP contribution in [-0.2, 0) is 23.0 Å². The number of hydrogen-bond acceptors (Lipinski definition) is 4. The van der Waals surface area contributed by atoms with Gasteiger partial charge >= 0.3 is 0 Å². The van der Waals surface area contributed by atoms with Crippen LogP contribution < -0.4 is 4.72 Å². The van der Waals surface area contributed by atoms with E-state index >= 15 is 0 Å². The summed E-state index contributed by atoms with van der Waals surface area (Å²) in [7, 11) is -3.63. The molecule has 2 aromatic carbocycles. The molecule has 4 rings (SSSR count). The van der Waals surface area contributed by atoms with Crippen LogP contribution in [0.5, 0.6) is 0 Å². The molecule has 146 valence electrons. The predicted octanol–water partition coefficient (Wildman–Crippen LogP) is 4.48. The van der Waals surface area contributed by atoms with Gasteiger partial charge in [0.25, 0.3) is 0 Å². The third kappa shape index (κ3) is 4.31. The van der Waals surface area contributed by atoms with Crippen LogP contribution in [0.2, 0.25) is 5.02 Å². The molecule has 1 aliphatic heterocycles. The van der Waals surface area contributed by atoms with E-state index in [9.17, 15) is 8.42 Å². The van der Waals surface area contributed by atoms with Crippen LogP contribution in [0.1, 0.15) is 22.7 Å². The average molecular weight is 433 g/mol. The molecule has 0 radical (unpaired) electrons. The lowest BCUT2D eigenvalue weighted by molar-refractivity contribution is 0.181. The Morgan fingerprint density at radius 2 is 1.93 bits per heavy atom. The molecule has 0 saturated carbocycles. The number of nitrogens with zero attached hydrogens (tertiary/aromatic N) is 1. The van der Waals surface area contributed by atoms with Crippen molar-refractivity contribution in [1.82, 2.24) is 9.62 Å². The predicted molar refractivity (Wildman–Crippen MR) is 114 cm³/mol. The Morgan fingerprint density at radius 1 is 1.11 bits per heavy atom. The first-order chi connectivity index (χ1) is 13.5. The molecule has 0 amide bonds. The van der Waals surface area contributed by atoms with E-state index < -0.39 is 10.0 Å². The van der Waals surface area contributed by atoms with Gasteiger partial charge in [0.15, 0.2) is 0 Å². The summed E-state index contributed by atoms with van der Waals surface area (Å²) in [6, 6.07) is 16.9. The monoisotopic (exact) mass is 432 g/mol. The second-order valence-electron chi connectivity index (χ2n) is 6.87. The lowest BCUT2D eigenvalue weighted by atomic mass is 9.97. The van der Waals surface area contributed by atoms with E-state index in [2.05, 4.69) is 45.3 Å². The maximum atomic E-state index is 12.8. The van der Waals surface area contributed by atoms with Crippen molar-refractivity contribution in [2.75, 3.05) is 13.1 Å². The summed E-state index contributed by atoms with van der Waals surface area (Å²) >= 11 is 7.59. The van der Waals surface area contributed by atoms with Crippen LogP contribution in [0, 0.1) is 0 Å². The van der Waals surface area contributed by atoms with Crippen molar-refractivity contribution in [2.24, 2.45) is 0 Å². The van der Waals surface area contributed by atoms with Gasteiger partial charge in [0.1, 0.15) is 0 Å². The lowest BCUT2D eigenvalue weighted by Crippen LogP contribution is -2.40. The molecule has 1 unspecified atom stereocenters. The Hall–Kier alpha value is -1.70. The van der Waals surface area contributed by atoms with E-state index in [1.165, 1.54) is 17.2 Å². The molecular weight excluding hydrogens is 412 g/mol. The Bertz CT molecular complexity index is 1050. The molecule has 3 aromatic rings. The standard InChI is InChI=1S/C21H21ClN2O2S2/c22-19-6-3-7-20(12-19)28(25,26)23-13-21(18-9-11-27-15-18)24-10-8-16-4-1-2-5-17(16)14-24/h1-7,9,11-12,15,21,23H,8,10,13-14H2. The molecule has 4 nitrogen and oxygen atoms in total. The molecule has 0 spiro atoms. The smallest absolute Gasteiger partial charge is 0.240 e. The fourth-order valence-electron chi connectivity index (χ4n) is 3.61. The Labute approximate surface area is 174 Å². The van der Waals surface area contributed by atoms with E-state index in [1.807, 2.05) is 5.38 Å². The Balaban J connectivity index is 1.55. The quantitative estimate of drug-likeness (QED) is 0.624. The molecule has 0 saturated heterocycles. The van der Waals surface area contributed by atoms with Gasteiger partial charge in [0.2, 0.25) is 10.0 Å². The molecule has 0 bridgehead atoms. The molecule has 28 heavy (non-hydrogen) atoms. The normalized spacial score (nSPS) is 15.9. The number of benzene rings is 2. The largest absolute Gasteiger partial charge is 0.290 e. The summed E-state index contributed by atoms with van der Waals surface area (Å²) < 4.78 is 28.3. The van der Waals surface area contributed by atoms with E-state index in [4.69, 9.17) is 11.6 Å². The van der Waals surface area contributed by atoms with Gasteiger partial charge in [-0.15, -0.1) is 0 Å². The molecule has 0 aliphatic carbocycles. The number of halogens is 1. The Morgan fingerprint density at radius 3 is 2.68 bits per heavy atom. The number of sulfonamides is 1. The van der Waals surface area contributed by atoms with Crippen LogP contribution in [-0.4, -0.2) is 26.4 Å². The van der Waals surface area contributed by atoms with Crippen molar-refractivity contribution in [1.29, 1.82) is 0 Å². The summed E-state index contributed by atoms with van der Waals surface area (Å²) in [5.74, 6) is 0. The van der Waals surface area contributed by atoms with Crippen LogP contribution in [0.4, 0.5) is 0 Å². The highest BCUT2D eigenvalue weighted by atomic mass is 35.5. The van der Waals surface area contributed by atoms with Gasteiger partial charge in [-0.25, -0.2) is 13.1 Å². The van der Waals surface area contributed by atoms with E-state index in [1.54, 1.807) is 29.5 Å². The van der Waals surface area contributed by atoms with E-state index in [0.29, 0.717) is 11.6 Å². The number of thiophene rings is 1. The summed E-state index contributed by atoms with van der Waals surface area (Å²) in [5.41, 5.74) is 3.83. The maximum Gasteiger partial charge on any atom is 0.240 e. The minimum Gasteiger partial charge on any atom is -0.290 e. The highest BCUT2D eigenvalue weighted by Gasteiger charge is 2.27. The maximum absolute atomic E-state index is 12.8. The first-order valence-corrected chi connectivity index (χ1v) is 11.9. The molecule has 1 N–H and O–H groups in total. The van der Waals surface area contributed by atoms with Crippen LogP contribution in [0.15, 0.2) is 70.3 Å². The molecular formula is C21H21ClN2O2S2. The van der Waals surface area contributed by atoms with Gasteiger partial charge in [-0.1, -0.05) is 41.9 Å². The first kappa shape index (κ1) is 19.6. The van der Waals surface area contributed by atoms with Crippen LogP contribution in [0.25, 0.3) is 0 Å².